The zero-order valence-corrected chi connectivity index (χ0v) is 11.9. The first-order valence-electron chi connectivity index (χ1n) is 6.67. The fourth-order valence-electron chi connectivity index (χ4n) is 2.05. The quantitative estimate of drug-likeness (QED) is 0.715. The Balaban J connectivity index is 2.48. The monoisotopic (exact) mass is 279 g/mol. The number of benzene rings is 1. The van der Waals surface area contributed by atoms with Crippen LogP contribution in [0.5, 0.6) is 5.75 Å². The number of primary amides is 1. The molecule has 0 saturated heterocycles. The van der Waals surface area contributed by atoms with Crippen molar-refractivity contribution >= 4 is 11.9 Å². The molecule has 0 heterocycles. The van der Waals surface area contributed by atoms with Crippen molar-refractivity contribution in [1.29, 1.82) is 0 Å². The van der Waals surface area contributed by atoms with Crippen molar-refractivity contribution in [2.45, 2.75) is 39.5 Å². The Kier molecular flexibility index (Phi) is 6.03. The van der Waals surface area contributed by atoms with E-state index >= 15 is 0 Å². The van der Waals surface area contributed by atoms with Crippen LogP contribution >= 0.6 is 0 Å². The number of aliphatic carboxylic acids is 1. The van der Waals surface area contributed by atoms with Crippen LogP contribution in [0.3, 0.4) is 0 Å². The molecule has 110 valence electrons. The maximum Gasteiger partial charge on any atom is 0.303 e. The normalized spacial score (nSPS) is 10.3. The van der Waals surface area contributed by atoms with Crippen LogP contribution in [0.2, 0.25) is 0 Å². The summed E-state index contributed by atoms with van der Waals surface area (Å²) in [7, 11) is 0. The molecule has 0 radical (unpaired) electrons. The third-order valence-corrected chi connectivity index (χ3v) is 3.03. The van der Waals surface area contributed by atoms with E-state index in [2.05, 4.69) is 0 Å². The number of carbonyl (C=O) groups is 2. The van der Waals surface area contributed by atoms with E-state index in [1.807, 2.05) is 13.8 Å². The van der Waals surface area contributed by atoms with Gasteiger partial charge in [0.1, 0.15) is 5.75 Å². The molecule has 0 spiro atoms. The number of carboxylic acid groups (broad SMARTS) is 1. The summed E-state index contributed by atoms with van der Waals surface area (Å²) in [5, 5.41) is 8.52. The van der Waals surface area contributed by atoms with Crippen LogP contribution in [0.4, 0.5) is 0 Å². The Morgan fingerprint density at radius 3 is 2.25 bits per heavy atom. The number of rotatable bonds is 8. The second-order valence-electron chi connectivity index (χ2n) is 4.86. The molecule has 0 aliphatic carbocycles. The maximum atomic E-state index is 11.1. The lowest BCUT2D eigenvalue weighted by Gasteiger charge is -2.13. The Labute approximate surface area is 118 Å². The summed E-state index contributed by atoms with van der Waals surface area (Å²) < 4.78 is 5.71. The van der Waals surface area contributed by atoms with E-state index in [1.54, 1.807) is 12.1 Å². The summed E-state index contributed by atoms with van der Waals surface area (Å²) in [6, 6.07) is 3.43. The summed E-state index contributed by atoms with van der Waals surface area (Å²) in [6.45, 7) is 4.29. The van der Waals surface area contributed by atoms with Crippen LogP contribution in [0.15, 0.2) is 12.1 Å². The second kappa shape index (κ2) is 7.53. The topological polar surface area (TPSA) is 89.6 Å². The molecule has 1 rings (SSSR count). The molecule has 0 fully saturated rings. The highest BCUT2D eigenvalue weighted by Gasteiger charge is 2.09. The third kappa shape index (κ3) is 4.91. The molecule has 0 unspecified atom stereocenters. The summed E-state index contributed by atoms with van der Waals surface area (Å²) in [5.74, 6) is -0.440. The minimum Gasteiger partial charge on any atom is -0.493 e. The summed E-state index contributed by atoms with van der Waals surface area (Å²) in [6.07, 6.45) is 2.50. The molecule has 0 bridgehead atoms. The van der Waals surface area contributed by atoms with Gasteiger partial charge in [-0.15, -0.1) is 0 Å². The van der Waals surface area contributed by atoms with Crippen LogP contribution in [-0.4, -0.2) is 23.6 Å². The van der Waals surface area contributed by atoms with E-state index in [4.69, 9.17) is 15.6 Å². The van der Waals surface area contributed by atoms with Crippen molar-refractivity contribution in [3.05, 3.63) is 28.8 Å². The van der Waals surface area contributed by atoms with Gasteiger partial charge in [0, 0.05) is 12.0 Å². The van der Waals surface area contributed by atoms with Gasteiger partial charge in [-0.2, -0.15) is 0 Å². The highest BCUT2D eigenvalue weighted by atomic mass is 16.5. The van der Waals surface area contributed by atoms with Crippen molar-refractivity contribution < 1.29 is 19.4 Å². The Morgan fingerprint density at radius 2 is 1.75 bits per heavy atom. The van der Waals surface area contributed by atoms with Gasteiger partial charge >= 0.3 is 5.97 Å². The van der Waals surface area contributed by atoms with E-state index in [1.165, 1.54) is 0 Å². The zero-order chi connectivity index (χ0) is 15.1. The summed E-state index contributed by atoms with van der Waals surface area (Å²) in [4.78, 5) is 21.5. The van der Waals surface area contributed by atoms with Crippen LogP contribution in [-0.2, 0) is 4.79 Å². The molecular formula is C15H21NO4. The molecule has 1 aromatic carbocycles. The fraction of sp³-hybridized carbons (Fsp3) is 0.467. The van der Waals surface area contributed by atoms with Gasteiger partial charge in [0.15, 0.2) is 0 Å². The van der Waals surface area contributed by atoms with Gasteiger partial charge in [-0.3, -0.25) is 9.59 Å². The van der Waals surface area contributed by atoms with Crippen molar-refractivity contribution in [1.82, 2.24) is 0 Å². The van der Waals surface area contributed by atoms with Crippen LogP contribution in [0.25, 0.3) is 0 Å². The van der Waals surface area contributed by atoms with E-state index < -0.39 is 11.9 Å². The Hall–Kier alpha value is -2.04. The molecule has 0 aliphatic heterocycles. The van der Waals surface area contributed by atoms with Crippen LogP contribution in [0.1, 0.15) is 47.2 Å². The molecule has 5 heteroatoms. The largest absolute Gasteiger partial charge is 0.493 e. The van der Waals surface area contributed by atoms with Gasteiger partial charge in [-0.1, -0.05) is 0 Å². The summed E-state index contributed by atoms with van der Waals surface area (Å²) in [5.41, 5.74) is 7.49. The smallest absolute Gasteiger partial charge is 0.303 e. The molecular weight excluding hydrogens is 258 g/mol. The van der Waals surface area contributed by atoms with E-state index in [9.17, 15) is 9.59 Å². The highest BCUT2D eigenvalue weighted by molar-refractivity contribution is 5.93. The lowest BCUT2D eigenvalue weighted by Crippen LogP contribution is -2.12. The molecule has 5 nitrogen and oxygen atoms in total. The van der Waals surface area contributed by atoms with E-state index in [0.29, 0.717) is 18.6 Å². The van der Waals surface area contributed by atoms with Gasteiger partial charge in [0.25, 0.3) is 0 Å². The predicted octanol–water partition coefficient (Wildman–Crippen LogP) is 2.43. The lowest BCUT2D eigenvalue weighted by atomic mass is 10.1. The third-order valence-electron chi connectivity index (χ3n) is 3.03. The van der Waals surface area contributed by atoms with Crippen molar-refractivity contribution in [3.8, 4) is 5.75 Å². The number of carboxylic acids is 1. The van der Waals surface area contributed by atoms with Crippen molar-refractivity contribution in [3.63, 3.8) is 0 Å². The predicted molar refractivity (Wildman–Crippen MR) is 76.0 cm³/mol. The first kappa shape index (κ1) is 16.0. The fourth-order valence-corrected chi connectivity index (χ4v) is 2.05. The number of aryl methyl sites for hydroxylation is 2. The van der Waals surface area contributed by atoms with E-state index in [-0.39, 0.29) is 6.42 Å². The Morgan fingerprint density at radius 1 is 1.15 bits per heavy atom. The standard InChI is InChI=1S/C15H21NO4/c1-10-8-12(15(16)19)9-11(2)14(10)20-7-5-3-4-6-13(17)18/h8-9H,3-7H2,1-2H3,(H2,16,19)(H,17,18). The van der Waals surface area contributed by atoms with Crippen LogP contribution in [0, 0.1) is 13.8 Å². The molecule has 0 aliphatic rings. The van der Waals surface area contributed by atoms with Gasteiger partial charge in [-0.05, 0) is 56.4 Å². The van der Waals surface area contributed by atoms with Crippen molar-refractivity contribution in [2.75, 3.05) is 6.61 Å². The average Bonchev–Trinajstić information content (AvgIpc) is 2.35. The van der Waals surface area contributed by atoms with Gasteiger partial charge in [0.2, 0.25) is 5.91 Å². The second-order valence-corrected chi connectivity index (χ2v) is 4.86. The average molecular weight is 279 g/mol. The molecule has 3 N–H and O–H groups in total. The minimum atomic E-state index is -0.764. The molecule has 0 aromatic heterocycles. The summed E-state index contributed by atoms with van der Waals surface area (Å²) >= 11 is 0. The van der Waals surface area contributed by atoms with Crippen LogP contribution < -0.4 is 10.5 Å². The number of unbranched alkanes of at least 4 members (excludes halogenated alkanes) is 2. The number of hydrogen-bond donors (Lipinski definition) is 2. The van der Waals surface area contributed by atoms with Crippen molar-refractivity contribution in [2.24, 2.45) is 5.73 Å². The number of nitrogens with two attached hydrogens (primary N) is 1. The maximum absolute atomic E-state index is 11.1. The number of amides is 1. The lowest BCUT2D eigenvalue weighted by molar-refractivity contribution is -0.137. The molecule has 20 heavy (non-hydrogen) atoms. The van der Waals surface area contributed by atoms with Gasteiger partial charge < -0.3 is 15.6 Å². The molecule has 0 saturated carbocycles. The number of ether oxygens (including phenoxy) is 1. The molecule has 1 aromatic rings. The first-order valence-corrected chi connectivity index (χ1v) is 6.67. The first-order chi connectivity index (χ1) is 9.41. The van der Waals surface area contributed by atoms with Gasteiger partial charge in [0.05, 0.1) is 6.61 Å². The highest BCUT2D eigenvalue weighted by Crippen LogP contribution is 2.25. The molecule has 0 atom stereocenters. The SMILES string of the molecule is Cc1cc(C(N)=O)cc(C)c1OCCCCCC(=O)O. The molecule has 1 amide bonds. The zero-order valence-electron chi connectivity index (χ0n) is 11.9. The number of carbonyl (C=O) groups excluding carboxylic acids is 1. The van der Waals surface area contributed by atoms with Gasteiger partial charge in [-0.25, -0.2) is 0 Å². The Bertz CT molecular complexity index is 474. The van der Waals surface area contributed by atoms with E-state index in [0.717, 1.165) is 29.7 Å². The number of hydrogen-bond acceptors (Lipinski definition) is 3. The minimum absolute atomic E-state index is 0.200.